The van der Waals surface area contributed by atoms with Crippen LogP contribution in [-0.4, -0.2) is 80.5 Å². The third-order valence-electron chi connectivity index (χ3n) is 10.3. The van der Waals surface area contributed by atoms with E-state index in [0.717, 1.165) is 31.7 Å². The molecule has 1 aliphatic rings. The largest absolute Gasteiger partial charge is 0.472 e. The van der Waals surface area contributed by atoms with Gasteiger partial charge in [-0.1, -0.05) is 103 Å². The predicted molar refractivity (Wildman–Crippen MR) is 213 cm³/mol. The molecule has 1 fully saturated rings. The van der Waals surface area contributed by atoms with E-state index in [1.165, 1.54) is 112 Å². The molecule has 0 bridgehead atoms. The lowest BCUT2D eigenvalue weighted by Gasteiger charge is -2.24. The Labute approximate surface area is 340 Å². The van der Waals surface area contributed by atoms with E-state index in [9.17, 15) is 34.6 Å². The number of hydrogen-bond acceptors (Lipinski definition) is 13. The highest BCUT2D eigenvalue weighted by Gasteiger charge is 2.58. The molecule has 0 amide bonds. The molecular weight excluding hydrogens is 770 g/mol. The third kappa shape index (κ3) is 14.3. The molecule has 17 heteroatoms. The molecule has 5 N–H and O–H groups in total. The van der Waals surface area contributed by atoms with Crippen molar-refractivity contribution in [3.63, 3.8) is 0 Å². The first kappa shape index (κ1) is 47.1. The number of aliphatic hydroxyl groups is 2. The highest BCUT2D eigenvalue weighted by atomic mass is 31.2. The number of aromatic nitrogens is 3. The molecule has 320 valence electrons. The van der Waals surface area contributed by atoms with Crippen LogP contribution in [0.4, 0.5) is 10.2 Å². The van der Waals surface area contributed by atoms with Crippen LogP contribution in [0.5, 0.6) is 0 Å². The number of phosphoric acid groups is 1. The van der Waals surface area contributed by atoms with Gasteiger partial charge >= 0.3 is 7.82 Å². The number of hydrogen-bond donors (Lipinski definition) is 4. The molecule has 15 nitrogen and oxygen atoms in total. The Balaban J connectivity index is 1.20. The molecule has 6 atom stereocenters. The number of phosphoric ester groups is 1. The van der Waals surface area contributed by atoms with Crippen molar-refractivity contribution in [3.05, 3.63) is 59.3 Å². The minimum atomic E-state index is -4.83. The number of nitrogens with zero attached hydrogens (tertiary/aromatic N) is 5. The van der Waals surface area contributed by atoms with Crippen molar-refractivity contribution in [2.24, 2.45) is 0 Å². The van der Waals surface area contributed by atoms with E-state index in [-0.39, 0.29) is 30.3 Å². The highest BCUT2D eigenvalue weighted by Crippen LogP contribution is 2.46. The fourth-order valence-electron chi connectivity index (χ4n) is 7.06. The van der Waals surface area contributed by atoms with Gasteiger partial charge in [0.15, 0.2) is 5.82 Å². The van der Waals surface area contributed by atoms with Crippen LogP contribution in [0.15, 0.2) is 36.7 Å². The smallest absolute Gasteiger partial charge is 0.387 e. The third-order valence-corrected chi connectivity index (χ3v) is 11.3. The van der Waals surface area contributed by atoms with Gasteiger partial charge < -0.3 is 35.1 Å². The second-order valence-electron chi connectivity index (χ2n) is 14.9. The summed E-state index contributed by atoms with van der Waals surface area (Å²) in [6, 6.07) is 10.5. The van der Waals surface area contributed by atoms with Crippen molar-refractivity contribution in [1.29, 1.82) is 10.5 Å². The van der Waals surface area contributed by atoms with Crippen molar-refractivity contribution in [1.82, 2.24) is 14.6 Å². The van der Waals surface area contributed by atoms with Crippen molar-refractivity contribution < 1.29 is 47.3 Å². The first-order valence-corrected chi connectivity index (χ1v) is 22.1. The summed E-state index contributed by atoms with van der Waals surface area (Å²) < 4.78 is 56.2. The fourth-order valence-corrected chi connectivity index (χ4v) is 7.82. The number of nitriles is 2. The summed E-state index contributed by atoms with van der Waals surface area (Å²) in [6.07, 6.45) is 15.3. The lowest BCUT2D eigenvalue weighted by Crippen LogP contribution is -2.41. The second kappa shape index (κ2) is 24.5. The molecule has 3 heterocycles. The van der Waals surface area contributed by atoms with Gasteiger partial charge in [0.05, 0.1) is 43.8 Å². The molecule has 2 aromatic heterocycles. The van der Waals surface area contributed by atoms with Gasteiger partial charge in [-0.3, -0.25) is 9.05 Å². The zero-order valence-corrected chi connectivity index (χ0v) is 34.4. The quantitative estimate of drug-likeness (QED) is 0.0402. The average molecular weight is 831 g/mol. The number of unbranched alkanes of at least 4 members (excludes halogenated alkanes) is 15. The monoisotopic (exact) mass is 830 g/mol. The Hall–Kier alpha value is -3.54. The van der Waals surface area contributed by atoms with Gasteiger partial charge in [0.1, 0.15) is 48.1 Å². The van der Waals surface area contributed by atoms with Crippen LogP contribution in [0.3, 0.4) is 0 Å². The van der Waals surface area contributed by atoms with E-state index in [4.69, 9.17) is 29.0 Å². The maximum atomic E-state index is 14.1. The Morgan fingerprint density at radius 3 is 2.21 bits per heavy atom. The number of aliphatic hydroxyl groups excluding tert-OH is 2. The molecule has 1 aromatic carbocycles. The summed E-state index contributed by atoms with van der Waals surface area (Å²) in [4.78, 5) is 14.5. The molecule has 0 radical (unpaired) electrons. The van der Waals surface area contributed by atoms with E-state index >= 15 is 0 Å². The SMILES string of the molecule is CCCCCCCCCCCCCCCCCCOC[C@@H](COP(=O)(O)OC[C@H]1O[C@@](C#N)(c2ccc3c(N)ncnn23)[C@H](O)[C@@H]1O)OCc1cc(F)cc(C#N)c1. The van der Waals surface area contributed by atoms with E-state index in [1.807, 2.05) is 12.1 Å². The lowest BCUT2D eigenvalue weighted by atomic mass is 9.92. The number of nitrogens with two attached hydrogens (primary N) is 1. The number of anilines is 1. The normalized spacial score (nSPS) is 20.8. The van der Waals surface area contributed by atoms with Gasteiger partial charge in [0.2, 0.25) is 5.60 Å². The summed E-state index contributed by atoms with van der Waals surface area (Å²) in [7, 11) is -4.83. The van der Waals surface area contributed by atoms with Crippen LogP contribution < -0.4 is 5.73 Å². The summed E-state index contributed by atoms with van der Waals surface area (Å²) in [5, 5.41) is 45.2. The second-order valence-corrected chi connectivity index (χ2v) is 16.4. The van der Waals surface area contributed by atoms with Gasteiger partial charge in [-0.2, -0.15) is 15.6 Å². The number of fused-ring (bicyclic) bond motifs is 1. The molecule has 1 saturated heterocycles. The first-order chi connectivity index (χ1) is 28.0. The minimum absolute atomic E-state index is 0.0141. The van der Waals surface area contributed by atoms with Crippen LogP contribution >= 0.6 is 7.82 Å². The molecule has 1 aliphatic heterocycles. The van der Waals surface area contributed by atoms with E-state index < -0.39 is 56.9 Å². The molecule has 0 spiro atoms. The van der Waals surface area contributed by atoms with Crippen LogP contribution in [0, 0.1) is 28.5 Å². The molecule has 1 unspecified atom stereocenters. The molecular formula is C41H60FN6O9P. The van der Waals surface area contributed by atoms with E-state index in [2.05, 4.69) is 17.0 Å². The predicted octanol–water partition coefficient (Wildman–Crippen LogP) is 7.16. The lowest BCUT2D eigenvalue weighted by molar-refractivity contribution is -0.0690. The molecule has 58 heavy (non-hydrogen) atoms. The van der Waals surface area contributed by atoms with Crippen molar-refractivity contribution in [2.45, 2.75) is 146 Å². The van der Waals surface area contributed by atoms with Crippen LogP contribution in [-0.2, 0) is 40.0 Å². The Morgan fingerprint density at radius 1 is 0.948 bits per heavy atom. The summed E-state index contributed by atoms with van der Waals surface area (Å²) in [5.41, 5.74) is 4.64. The van der Waals surface area contributed by atoms with Gasteiger partial charge in [-0.15, -0.1) is 0 Å². The Morgan fingerprint density at radius 2 is 1.59 bits per heavy atom. The Bertz CT molecular complexity index is 1820. The summed E-state index contributed by atoms with van der Waals surface area (Å²) in [6.45, 7) is 1.32. The molecule has 0 aliphatic carbocycles. The number of ether oxygens (including phenoxy) is 3. The van der Waals surface area contributed by atoms with Crippen molar-refractivity contribution in [2.75, 3.05) is 32.2 Å². The number of nitrogen functional groups attached to an aromatic ring is 1. The highest BCUT2D eigenvalue weighted by molar-refractivity contribution is 7.47. The number of benzene rings is 1. The van der Waals surface area contributed by atoms with Crippen LogP contribution in [0.1, 0.15) is 126 Å². The first-order valence-electron chi connectivity index (χ1n) is 20.6. The van der Waals surface area contributed by atoms with Crippen molar-refractivity contribution >= 4 is 19.2 Å². The standard InChI is InChI=1S/C41H60FN6O9P/c1-2-3-4-5-6-7-8-9-10-11-12-13-14-15-16-17-20-53-26-34(54-25-32-21-31(24-43)22-33(42)23-32)27-55-58(51,52)56-28-36-38(49)39(50)41(29-44,57-36)37-19-18-35-40(45)46-30-47-48(35)37/h18-19,21-23,30,34,36,38-39,49-50H,2-17,20,25-28H2,1H3,(H,51,52)(H2,45,46,47)/t34-,36+,38+,39+,41-/m0/s1. The topological polar surface area (TPSA) is 228 Å². The Kier molecular flexibility index (Phi) is 19.9. The fraction of sp³-hybridized carbons (Fsp3) is 0.659. The van der Waals surface area contributed by atoms with Crippen LogP contribution in [0.25, 0.3) is 5.52 Å². The van der Waals surface area contributed by atoms with E-state index in [1.54, 1.807) is 0 Å². The summed E-state index contributed by atoms with van der Waals surface area (Å²) in [5.74, 6) is -0.501. The van der Waals surface area contributed by atoms with E-state index in [0.29, 0.717) is 17.7 Å². The van der Waals surface area contributed by atoms with Crippen LogP contribution in [0.2, 0.25) is 0 Å². The van der Waals surface area contributed by atoms with Gasteiger partial charge in [0, 0.05) is 6.61 Å². The molecule has 3 aromatic rings. The van der Waals surface area contributed by atoms with Gasteiger partial charge in [-0.05, 0) is 42.3 Å². The summed E-state index contributed by atoms with van der Waals surface area (Å²) >= 11 is 0. The number of halogens is 1. The van der Waals surface area contributed by atoms with Gasteiger partial charge in [0.25, 0.3) is 0 Å². The average Bonchev–Trinajstić information content (AvgIpc) is 3.76. The van der Waals surface area contributed by atoms with Gasteiger partial charge in [-0.25, -0.2) is 18.5 Å². The van der Waals surface area contributed by atoms with Crippen molar-refractivity contribution in [3.8, 4) is 12.1 Å². The minimum Gasteiger partial charge on any atom is -0.387 e. The molecule has 4 rings (SSSR count). The maximum Gasteiger partial charge on any atom is 0.472 e. The maximum absolute atomic E-state index is 14.1. The zero-order chi connectivity index (χ0) is 41.8. The molecule has 0 saturated carbocycles. The zero-order valence-electron chi connectivity index (χ0n) is 33.6. The number of rotatable bonds is 29.